The zero-order chi connectivity index (χ0) is 11.8. The van der Waals surface area contributed by atoms with E-state index in [0.717, 1.165) is 29.1 Å². The molecule has 0 saturated heterocycles. The van der Waals surface area contributed by atoms with Crippen LogP contribution in [0.4, 0.5) is 5.69 Å². The maximum atomic E-state index is 5.84. The molecule has 0 atom stereocenters. The molecule has 2 heterocycles. The lowest BCUT2D eigenvalue weighted by atomic mass is 10.3. The summed E-state index contributed by atoms with van der Waals surface area (Å²) in [6.45, 7) is 3.02. The smallest absolute Gasteiger partial charge is 0.151 e. The molecule has 3 rings (SSSR count). The fourth-order valence-corrected chi connectivity index (χ4v) is 2.78. The first-order valence-electron chi connectivity index (χ1n) is 5.59. The van der Waals surface area contributed by atoms with Crippen LogP contribution in [0.5, 0.6) is 0 Å². The minimum atomic E-state index is 0.782. The Bertz CT molecular complexity index is 653. The molecule has 0 fully saturated rings. The molecule has 0 aliphatic rings. The molecule has 0 aliphatic carbocycles. The molecule has 17 heavy (non-hydrogen) atoms. The lowest BCUT2D eigenvalue weighted by Crippen LogP contribution is -1.96. The van der Waals surface area contributed by atoms with E-state index in [1.54, 1.807) is 11.3 Å². The molecule has 0 saturated carbocycles. The third-order valence-electron chi connectivity index (χ3n) is 2.83. The predicted octanol–water partition coefficient (Wildman–Crippen LogP) is 3.37. The quantitative estimate of drug-likeness (QED) is 0.701. The number of imidazole rings is 1. The summed E-state index contributed by atoms with van der Waals surface area (Å²) in [5.74, 6) is 1.03. The molecular weight excluding hydrogens is 230 g/mol. The Hall–Kier alpha value is -1.81. The Labute approximate surface area is 104 Å². The van der Waals surface area contributed by atoms with E-state index in [4.69, 9.17) is 5.73 Å². The average molecular weight is 243 g/mol. The average Bonchev–Trinajstić information content (AvgIpc) is 2.94. The fourth-order valence-electron chi connectivity index (χ4n) is 2.05. The van der Waals surface area contributed by atoms with Gasteiger partial charge in [0.1, 0.15) is 0 Å². The molecule has 3 aromatic rings. The number of nitrogen functional groups attached to an aromatic ring is 1. The molecule has 0 aliphatic heterocycles. The molecule has 0 amide bonds. The van der Waals surface area contributed by atoms with E-state index in [-0.39, 0.29) is 0 Å². The number of nitrogens with zero attached hydrogens (tertiary/aromatic N) is 2. The van der Waals surface area contributed by atoms with Gasteiger partial charge < -0.3 is 10.3 Å². The zero-order valence-electron chi connectivity index (χ0n) is 9.55. The van der Waals surface area contributed by atoms with Gasteiger partial charge in [-0.2, -0.15) is 0 Å². The first kappa shape index (κ1) is 10.4. The monoisotopic (exact) mass is 243 g/mol. The number of hydrogen-bond donors (Lipinski definition) is 1. The van der Waals surface area contributed by atoms with Crippen LogP contribution in [0.25, 0.3) is 21.7 Å². The number of rotatable bonds is 2. The van der Waals surface area contributed by atoms with Gasteiger partial charge in [0.25, 0.3) is 0 Å². The Morgan fingerprint density at radius 3 is 2.94 bits per heavy atom. The molecule has 86 valence electrons. The second-order valence-corrected chi connectivity index (χ2v) is 4.85. The minimum absolute atomic E-state index is 0.782. The molecule has 0 spiro atoms. The summed E-state index contributed by atoms with van der Waals surface area (Å²) in [6, 6.07) is 10.0. The van der Waals surface area contributed by atoms with E-state index >= 15 is 0 Å². The van der Waals surface area contributed by atoms with E-state index in [9.17, 15) is 0 Å². The van der Waals surface area contributed by atoms with Gasteiger partial charge >= 0.3 is 0 Å². The highest BCUT2D eigenvalue weighted by atomic mass is 32.1. The van der Waals surface area contributed by atoms with Crippen molar-refractivity contribution in [2.75, 3.05) is 5.73 Å². The Morgan fingerprint density at radius 2 is 2.24 bits per heavy atom. The summed E-state index contributed by atoms with van der Waals surface area (Å²) < 4.78 is 2.21. The standard InChI is InChI=1S/C13H13N3S/c1-2-16-11-8-9(14)5-6-10(11)15-13(16)12-4-3-7-17-12/h3-8H,2,14H2,1H3. The lowest BCUT2D eigenvalue weighted by molar-refractivity contribution is 0.798. The highest BCUT2D eigenvalue weighted by Gasteiger charge is 2.11. The number of aromatic nitrogens is 2. The highest BCUT2D eigenvalue weighted by molar-refractivity contribution is 7.13. The van der Waals surface area contributed by atoms with Crippen LogP contribution >= 0.6 is 11.3 Å². The maximum Gasteiger partial charge on any atom is 0.151 e. The molecule has 0 bridgehead atoms. The molecule has 0 radical (unpaired) electrons. The largest absolute Gasteiger partial charge is 0.399 e. The maximum absolute atomic E-state index is 5.84. The van der Waals surface area contributed by atoms with Crippen LogP contribution < -0.4 is 5.73 Å². The molecule has 0 unspecified atom stereocenters. The van der Waals surface area contributed by atoms with Gasteiger partial charge in [-0.25, -0.2) is 4.98 Å². The van der Waals surface area contributed by atoms with Crippen molar-refractivity contribution in [1.29, 1.82) is 0 Å². The van der Waals surface area contributed by atoms with Crippen molar-refractivity contribution in [3.8, 4) is 10.7 Å². The molecular formula is C13H13N3S. The molecule has 4 heteroatoms. The third-order valence-corrected chi connectivity index (χ3v) is 3.70. The molecule has 1 aromatic carbocycles. The number of fused-ring (bicyclic) bond motifs is 1. The summed E-state index contributed by atoms with van der Waals surface area (Å²) >= 11 is 1.71. The van der Waals surface area contributed by atoms with Crippen molar-refractivity contribution >= 4 is 28.1 Å². The Kier molecular flexibility index (Phi) is 2.37. The summed E-state index contributed by atoms with van der Waals surface area (Å²) in [4.78, 5) is 5.88. The van der Waals surface area contributed by atoms with Gasteiger partial charge in [0, 0.05) is 12.2 Å². The summed E-state index contributed by atoms with van der Waals surface area (Å²) in [5.41, 5.74) is 8.73. The second kappa shape index (κ2) is 3.89. The Morgan fingerprint density at radius 1 is 1.35 bits per heavy atom. The third kappa shape index (κ3) is 1.61. The van der Waals surface area contributed by atoms with Crippen molar-refractivity contribution in [3.63, 3.8) is 0 Å². The van der Waals surface area contributed by atoms with E-state index in [2.05, 4.69) is 27.9 Å². The van der Waals surface area contributed by atoms with E-state index in [1.165, 1.54) is 4.88 Å². The molecule has 3 nitrogen and oxygen atoms in total. The van der Waals surface area contributed by atoms with E-state index in [0.29, 0.717) is 0 Å². The van der Waals surface area contributed by atoms with Crippen molar-refractivity contribution in [2.24, 2.45) is 0 Å². The number of hydrogen-bond acceptors (Lipinski definition) is 3. The van der Waals surface area contributed by atoms with Crippen LogP contribution in [0.1, 0.15) is 6.92 Å². The van der Waals surface area contributed by atoms with Crippen molar-refractivity contribution in [2.45, 2.75) is 13.5 Å². The summed E-state index contributed by atoms with van der Waals surface area (Å²) in [7, 11) is 0. The Balaban J connectivity index is 2.32. The lowest BCUT2D eigenvalue weighted by Gasteiger charge is -2.04. The van der Waals surface area contributed by atoms with Crippen LogP contribution in [0, 0.1) is 0 Å². The van der Waals surface area contributed by atoms with Gasteiger partial charge in [-0.3, -0.25) is 0 Å². The highest BCUT2D eigenvalue weighted by Crippen LogP contribution is 2.28. The van der Waals surface area contributed by atoms with Crippen molar-refractivity contribution in [3.05, 3.63) is 35.7 Å². The first-order valence-corrected chi connectivity index (χ1v) is 6.47. The number of thiophene rings is 1. The van der Waals surface area contributed by atoms with E-state index < -0.39 is 0 Å². The van der Waals surface area contributed by atoms with Crippen LogP contribution in [-0.2, 0) is 6.54 Å². The van der Waals surface area contributed by atoms with Crippen LogP contribution in [-0.4, -0.2) is 9.55 Å². The normalized spacial score (nSPS) is 11.1. The van der Waals surface area contributed by atoms with Gasteiger partial charge in [-0.15, -0.1) is 11.3 Å². The SMILES string of the molecule is CCn1c(-c2cccs2)nc2ccc(N)cc21. The molecule has 2 aromatic heterocycles. The van der Waals surface area contributed by atoms with Gasteiger partial charge in [-0.05, 0) is 36.6 Å². The minimum Gasteiger partial charge on any atom is -0.399 e. The fraction of sp³-hybridized carbons (Fsp3) is 0.154. The topological polar surface area (TPSA) is 43.8 Å². The zero-order valence-corrected chi connectivity index (χ0v) is 10.4. The van der Waals surface area contributed by atoms with Gasteiger partial charge in [0.2, 0.25) is 0 Å². The number of aryl methyl sites for hydroxylation is 1. The second-order valence-electron chi connectivity index (χ2n) is 3.91. The first-order chi connectivity index (χ1) is 8.29. The van der Waals surface area contributed by atoms with Crippen molar-refractivity contribution in [1.82, 2.24) is 9.55 Å². The number of nitrogens with two attached hydrogens (primary N) is 1. The number of benzene rings is 1. The number of anilines is 1. The van der Waals surface area contributed by atoms with Crippen LogP contribution in [0.2, 0.25) is 0 Å². The van der Waals surface area contributed by atoms with Crippen LogP contribution in [0.3, 0.4) is 0 Å². The predicted molar refractivity (Wildman–Crippen MR) is 73.1 cm³/mol. The van der Waals surface area contributed by atoms with Gasteiger partial charge in [-0.1, -0.05) is 6.07 Å². The molecule has 2 N–H and O–H groups in total. The van der Waals surface area contributed by atoms with Gasteiger partial charge in [0.05, 0.1) is 15.9 Å². The summed E-state index contributed by atoms with van der Waals surface area (Å²) in [5, 5.41) is 2.07. The summed E-state index contributed by atoms with van der Waals surface area (Å²) in [6.07, 6.45) is 0. The van der Waals surface area contributed by atoms with E-state index in [1.807, 2.05) is 24.3 Å². The van der Waals surface area contributed by atoms with Gasteiger partial charge in [0.15, 0.2) is 5.82 Å². The van der Waals surface area contributed by atoms with Crippen molar-refractivity contribution < 1.29 is 0 Å². The van der Waals surface area contributed by atoms with Crippen LogP contribution in [0.15, 0.2) is 35.7 Å².